The number of aryl methyl sites for hydroxylation is 1. The van der Waals surface area contributed by atoms with Gasteiger partial charge in [0.25, 0.3) is 0 Å². The molecular formula is C26H31ClN8OS. The third-order valence-corrected chi connectivity index (χ3v) is 9.28. The molecular weight excluding hydrogens is 508 g/mol. The number of rotatable bonds is 6. The second-order valence-electron chi connectivity index (χ2n) is 9.74. The fourth-order valence-corrected chi connectivity index (χ4v) is 6.66. The lowest BCUT2D eigenvalue weighted by molar-refractivity contribution is -0.120. The number of carbonyl (C=O) groups excluding carboxylic acids is 1. The molecule has 3 aromatic rings. The number of aromatic nitrogens is 3. The Labute approximate surface area is 225 Å². The van der Waals surface area contributed by atoms with Crippen LogP contribution in [0.1, 0.15) is 41.6 Å². The minimum Gasteiger partial charge on any atom is -0.382 e. The van der Waals surface area contributed by atoms with E-state index in [1.807, 2.05) is 0 Å². The van der Waals surface area contributed by atoms with Gasteiger partial charge in [-0.2, -0.15) is 0 Å². The molecule has 0 radical (unpaired) electrons. The molecule has 0 unspecified atom stereocenters. The monoisotopic (exact) mass is 538 g/mol. The van der Waals surface area contributed by atoms with Gasteiger partial charge >= 0.3 is 0 Å². The highest BCUT2D eigenvalue weighted by molar-refractivity contribution is 7.99. The van der Waals surface area contributed by atoms with E-state index in [2.05, 4.69) is 38.8 Å². The number of nitrogens with two attached hydrogens (primary N) is 3. The fourth-order valence-electron chi connectivity index (χ4n) is 5.64. The van der Waals surface area contributed by atoms with Gasteiger partial charge < -0.3 is 27.8 Å². The molecule has 1 amide bonds. The molecule has 1 aromatic carbocycles. The fraction of sp³-hybridized carbons (Fsp3) is 0.385. The smallest absolute Gasteiger partial charge is 0.220 e. The Morgan fingerprint density at radius 2 is 1.97 bits per heavy atom. The highest BCUT2D eigenvalue weighted by Gasteiger charge is 2.57. The summed E-state index contributed by atoms with van der Waals surface area (Å²) >= 11 is 7.62. The van der Waals surface area contributed by atoms with Crippen molar-refractivity contribution in [3.63, 3.8) is 0 Å². The lowest BCUT2D eigenvalue weighted by Gasteiger charge is -2.46. The van der Waals surface area contributed by atoms with Crippen LogP contribution in [-0.2, 0) is 23.2 Å². The van der Waals surface area contributed by atoms with E-state index in [-0.39, 0.29) is 23.0 Å². The molecule has 1 fully saturated rings. The summed E-state index contributed by atoms with van der Waals surface area (Å²) in [4.78, 5) is 26.1. The van der Waals surface area contributed by atoms with Gasteiger partial charge in [-0.05, 0) is 61.5 Å². The summed E-state index contributed by atoms with van der Waals surface area (Å²) in [6.07, 6.45) is 7.08. The zero-order chi connectivity index (χ0) is 26.2. The zero-order valence-electron chi connectivity index (χ0n) is 20.7. The number of nitrogens with one attached hydrogen (secondary N) is 2. The van der Waals surface area contributed by atoms with Crippen LogP contribution in [0.5, 0.6) is 0 Å². The number of hydrogen-bond acceptors (Lipinski definition) is 9. The number of nitrogens with zero attached hydrogens (tertiary/aromatic N) is 3. The Hall–Kier alpha value is -2.92. The lowest BCUT2D eigenvalue weighted by atomic mass is 9.63. The third-order valence-electron chi connectivity index (χ3n) is 7.70. The number of amides is 1. The van der Waals surface area contributed by atoms with Crippen molar-refractivity contribution in [3.05, 3.63) is 64.1 Å². The van der Waals surface area contributed by atoms with Gasteiger partial charge in [0.1, 0.15) is 10.8 Å². The summed E-state index contributed by atoms with van der Waals surface area (Å²) in [6.45, 7) is 1.77. The summed E-state index contributed by atoms with van der Waals surface area (Å²) in [6, 6.07) is 8.17. The van der Waals surface area contributed by atoms with Gasteiger partial charge in [-0.25, -0.2) is 15.0 Å². The van der Waals surface area contributed by atoms with Crippen LogP contribution >= 0.6 is 23.4 Å². The lowest BCUT2D eigenvalue weighted by Crippen LogP contribution is -2.55. The minimum absolute atomic E-state index is 0.0112. The van der Waals surface area contributed by atoms with Crippen LogP contribution < -0.4 is 27.8 Å². The molecule has 37 heavy (non-hydrogen) atoms. The SMILES string of the molecule is CNC(=O)CCc1ccc2c(c1)[C@](N)(c1cnc(Sc3ccnc(N)c3Cl)c(N)n1)C1(CCNCC1)C2. The number of nitrogen functional groups attached to an aromatic ring is 2. The van der Waals surface area contributed by atoms with Crippen LogP contribution in [0.25, 0.3) is 0 Å². The van der Waals surface area contributed by atoms with E-state index in [1.54, 1.807) is 25.5 Å². The van der Waals surface area contributed by atoms with Gasteiger partial charge in [-0.3, -0.25) is 4.79 Å². The van der Waals surface area contributed by atoms with Gasteiger partial charge in [0.15, 0.2) is 5.82 Å². The maximum Gasteiger partial charge on any atom is 0.220 e. The summed E-state index contributed by atoms with van der Waals surface area (Å²) in [7, 11) is 1.65. The average Bonchev–Trinajstić information content (AvgIpc) is 3.14. The highest BCUT2D eigenvalue weighted by atomic mass is 35.5. The minimum atomic E-state index is -0.865. The molecule has 1 saturated heterocycles. The summed E-state index contributed by atoms with van der Waals surface area (Å²) in [5, 5.41) is 7.04. The molecule has 1 aliphatic carbocycles. The number of halogens is 1. The van der Waals surface area contributed by atoms with E-state index in [0.717, 1.165) is 43.5 Å². The van der Waals surface area contributed by atoms with Crippen molar-refractivity contribution >= 4 is 40.9 Å². The molecule has 3 heterocycles. The van der Waals surface area contributed by atoms with Crippen LogP contribution in [0.3, 0.4) is 0 Å². The summed E-state index contributed by atoms with van der Waals surface area (Å²) in [5.41, 5.74) is 22.7. The molecule has 9 nitrogen and oxygen atoms in total. The van der Waals surface area contributed by atoms with Crippen LogP contribution in [0.15, 0.2) is 46.6 Å². The van der Waals surface area contributed by atoms with Crippen LogP contribution in [0, 0.1) is 5.41 Å². The maximum atomic E-state index is 11.9. The molecule has 194 valence electrons. The average molecular weight is 539 g/mol. The largest absolute Gasteiger partial charge is 0.382 e. The number of hydrogen-bond donors (Lipinski definition) is 5. The number of carbonyl (C=O) groups is 1. The standard InChI is InChI=1S/C26H31ClN8OS/c1-31-20(36)5-3-15-2-4-16-13-25(7-10-32-11-8-25)26(30,17(16)12-15)19-14-34-24(23(29)35-19)37-18-6-9-33-22(28)21(18)27/h2,4,6,9,12,14,32H,3,5,7-8,10-11,13,30H2,1H3,(H2,28,33)(H2,29,35)(H,31,36)/t26-/m0/s1. The van der Waals surface area contributed by atoms with Crippen LogP contribution in [-0.4, -0.2) is 41.0 Å². The molecule has 1 spiro atoms. The van der Waals surface area contributed by atoms with Gasteiger partial charge in [0.05, 0.1) is 22.5 Å². The van der Waals surface area contributed by atoms with E-state index in [9.17, 15) is 4.79 Å². The van der Waals surface area contributed by atoms with E-state index >= 15 is 0 Å². The van der Waals surface area contributed by atoms with Crippen molar-refractivity contribution in [1.29, 1.82) is 0 Å². The van der Waals surface area contributed by atoms with Gasteiger partial charge in [-0.15, -0.1) is 0 Å². The van der Waals surface area contributed by atoms with Crippen LogP contribution in [0.4, 0.5) is 11.6 Å². The molecule has 8 N–H and O–H groups in total. The van der Waals surface area contributed by atoms with Crippen molar-refractivity contribution in [2.24, 2.45) is 11.1 Å². The summed E-state index contributed by atoms with van der Waals surface area (Å²) < 4.78 is 0. The van der Waals surface area contributed by atoms with Gasteiger partial charge in [-0.1, -0.05) is 41.6 Å². The number of fused-ring (bicyclic) bond motifs is 1. The predicted molar refractivity (Wildman–Crippen MR) is 146 cm³/mol. The first-order chi connectivity index (χ1) is 17.8. The van der Waals surface area contributed by atoms with E-state index in [1.165, 1.54) is 17.3 Å². The first-order valence-corrected chi connectivity index (χ1v) is 13.5. The summed E-state index contributed by atoms with van der Waals surface area (Å²) in [5.74, 6) is 0.544. The molecule has 11 heteroatoms. The van der Waals surface area contributed by atoms with Crippen molar-refractivity contribution in [1.82, 2.24) is 25.6 Å². The van der Waals surface area contributed by atoms with Gasteiger partial charge in [0, 0.05) is 30.0 Å². The Morgan fingerprint density at radius 3 is 2.70 bits per heavy atom. The normalized spacial score (nSPS) is 20.1. The Balaban J connectivity index is 1.54. The molecule has 1 aliphatic heterocycles. The van der Waals surface area contributed by atoms with Crippen molar-refractivity contribution in [2.45, 2.75) is 47.6 Å². The van der Waals surface area contributed by atoms with E-state index in [4.69, 9.17) is 33.8 Å². The number of benzene rings is 1. The number of pyridine rings is 1. The molecule has 2 aromatic heterocycles. The van der Waals surface area contributed by atoms with Crippen molar-refractivity contribution < 1.29 is 4.79 Å². The first-order valence-electron chi connectivity index (χ1n) is 12.3. The maximum absolute atomic E-state index is 11.9. The predicted octanol–water partition coefficient (Wildman–Crippen LogP) is 2.65. The van der Waals surface area contributed by atoms with E-state index < -0.39 is 5.54 Å². The topological polar surface area (TPSA) is 158 Å². The second-order valence-corrected chi connectivity index (χ2v) is 11.1. The Bertz CT molecular complexity index is 1350. The molecule has 2 aliphatic rings. The highest BCUT2D eigenvalue weighted by Crippen LogP contribution is 2.56. The third kappa shape index (κ3) is 4.52. The quantitative estimate of drug-likeness (QED) is 0.318. The van der Waals surface area contributed by atoms with Crippen molar-refractivity contribution in [2.75, 3.05) is 31.6 Å². The second kappa shape index (κ2) is 10.1. The number of anilines is 2. The molecule has 5 rings (SSSR count). The Kier molecular flexibility index (Phi) is 7.01. The first kappa shape index (κ1) is 25.7. The molecule has 1 atom stereocenters. The Morgan fingerprint density at radius 1 is 1.19 bits per heavy atom. The van der Waals surface area contributed by atoms with Gasteiger partial charge in [0.2, 0.25) is 5.91 Å². The van der Waals surface area contributed by atoms with E-state index in [0.29, 0.717) is 33.5 Å². The zero-order valence-corrected chi connectivity index (χ0v) is 22.3. The molecule has 0 bridgehead atoms. The van der Waals surface area contributed by atoms with Crippen molar-refractivity contribution in [3.8, 4) is 0 Å². The number of piperidine rings is 1. The molecule has 0 saturated carbocycles. The van der Waals surface area contributed by atoms with Crippen LogP contribution in [0.2, 0.25) is 5.02 Å².